The van der Waals surface area contributed by atoms with Gasteiger partial charge < -0.3 is 10.1 Å². The van der Waals surface area contributed by atoms with Gasteiger partial charge in [-0.3, -0.25) is 4.79 Å². The Morgan fingerprint density at radius 3 is 2.43 bits per heavy atom. The van der Waals surface area contributed by atoms with E-state index in [1.807, 2.05) is 24.3 Å². The third kappa shape index (κ3) is 4.38. The van der Waals surface area contributed by atoms with Crippen LogP contribution in [0.4, 0.5) is 5.69 Å². The molecule has 3 nitrogen and oxygen atoms in total. The number of nitrogens with one attached hydrogen (secondary N) is 1. The molecule has 0 heterocycles. The number of methoxy groups -OCH3 is 1. The van der Waals surface area contributed by atoms with Gasteiger partial charge in [-0.25, -0.2) is 0 Å². The number of hydrogen-bond donors (Lipinski definition) is 1. The lowest BCUT2D eigenvalue weighted by Gasteiger charge is -2.07. The molecule has 0 saturated heterocycles. The number of carbonyl (C=O) groups excluding carboxylic acids is 1. The van der Waals surface area contributed by atoms with Crippen molar-refractivity contribution >= 4 is 34.7 Å². The van der Waals surface area contributed by atoms with E-state index in [2.05, 4.69) is 5.32 Å². The minimum atomic E-state index is 0.0228. The maximum absolute atomic E-state index is 12.0. The molecular formula is C16H15Cl2NO2. The van der Waals surface area contributed by atoms with E-state index in [9.17, 15) is 4.79 Å². The summed E-state index contributed by atoms with van der Waals surface area (Å²) in [5.74, 6) is 0.821. The van der Waals surface area contributed by atoms with E-state index in [0.29, 0.717) is 28.6 Å². The maximum atomic E-state index is 12.0. The van der Waals surface area contributed by atoms with Crippen molar-refractivity contribution in [3.8, 4) is 5.75 Å². The van der Waals surface area contributed by atoms with E-state index in [0.717, 1.165) is 11.4 Å². The first kappa shape index (κ1) is 15.7. The molecule has 0 saturated carbocycles. The second-order valence-electron chi connectivity index (χ2n) is 4.46. The lowest BCUT2D eigenvalue weighted by Crippen LogP contribution is -2.08. The summed E-state index contributed by atoms with van der Waals surface area (Å²) in [6, 6.07) is 12.5. The standard InChI is InChI=1S/C16H15Cl2NO2/c1-21-13-5-3-12(4-6-13)19-9-8-16(20)11-2-7-14(17)15(18)10-11/h2-7,10,19H,8-9H2,1H3. The van der Waals surface area contributed by atoms with Crippen molar-refractivity contribution in [2.45, 2.75) is 6.42 Å². The van der Waals surface area contributed by atoms with Crippen molar-refractivity contribution in [2.75, 3.05) is 19.0 Å². The maximum Gasteiger partial charge on any atom is 0.164 e. The molecule has 0 aromatic heterocycles. The molecule has 1 N–H and O–H groups in total. The summed E-state index contributed by atoms with van der Waals surface area (Å²) in [5, 5.41) is 4.03. The van der Waals surface area contributed by atoms with Gasteiger partial charge >= 0.3 is 0 Å². The Hall–Kier alpha value is -1.71. The van der Waals surface area contributed by atoms with Gasteiger partial charge in [0.25, 0.3) is 0 Å². The number of carbonyl (C=O) groups is 1. The number of rotatable bonds is 6. The highest BCUT2D eigenvalue weighted by Crippen LogP contribution is 2.23. The zero-order valence-corrected chi connectivity index (χ0v) is 13.0. The van der Waals surface area contributed by atoms with Crippen LogP contribution in [-0.2, 0) is 0 Å². The van der Waals surface area contributed by atoms with E-state index in [4.69, 9.17) is 27.9 Å². The summed E-state index contributed by atoms with van der Waals surface area (Å²) in [6.07, 6.45) is 0.379. The van der Waals surface area contributed by atoms with Gasteiger partial charge in [-0.2, -0.15) is 0 Å². The SMILES string of the molecule is COc1ccc(NCCC(=O)c2ccc(Cl)c(Cl)c2)cc1. The van der Waals surface area contributed by atoms with Crippen LogP contribution in [0.25, 0.3) is 0 Å². The van der Waals surface area contributed by atoms with Gasteiger partial charge in [-0.15, -0.1) is 0 Å². The molecule has 110 valence electrons. The minimum absolute atomic E-state index is 0.0228. The summed E-state index contributed by atoms with van der Waals surface area (Å²) in [7, 11) is 1.62. The van der Waals surface area contributed by atoms with Crippen molar-refractivity contribution < 1.29 is 9.53 Å². The van der Waals surface area contributed by atoms with Crippen LogP contribution in [0.2, 0.25) is 10.0 Å². The van der Waals surface area contributed by atoms with Crippen LogP contribution in [0.3, 0.4) is 0 Å². The minimum Gasteiger partial charge on any atom is -0.497 e. The molecule has 0 bridgehead atoms. The number of ketones is 1. The fourth-order valence-corrected chi connectivity index (χ4v) is 2.14. The molecule has 0 amide bonds. The van der Waals surface area contributed by atoms with Gasteiger partial charge in [0.2, 0.25) is 0 Å². The predicted molar refractivity (Wildman–Crippen MR) is 86.9 cm³/mol. The van der Waals surface area contributed by atoms with E-state index in [1.165, 1.54) is 0 Å². The van der Waals surface area contributed by atoms with Crippen molar-refractivity contribution in [3.05, 3.63) is 58.1 Å². The Labute approximate surface area is 133 Å². The van der Waals surface area contributed by atoms with E-state index < -0.39 is 0 Å². The number of Topliss-reactive ketones (excluding diaryl/α,β-unsaturated/α-hetero) is 1. The highest BCUT2D eigenvalue weighted by Gasteiger charge is 2.08. The average molecular weight is 324 g/mol. The largest absolute Gasteiger partial charge is 0.497 e. The lowest BCUT2D eigenvalue weighted by molar-refractivity contribution is 0.0986. The summed E-state index contributed by atoms with van der Waals surface area (Å²) in [5.41, 5.74) is 1.51. The Morgan fingerprint density at radius 2 is 1.81 bits per heavy atom. The number of hydrogen-bond acceptors (Lipinski definition) is 3. The number of anilines is 1. The molecule has 0 aliphatic carbocycles. The van der Waals surface area contributed by atoms with Gasteiger partial charge in [0.15, 0.2) is 5.78 Å². The summed E-state index contributed by atoms with van der Waals surface area (Å²) >= 11 is 11.7. The van der Waals surface area contributed by atoms with Crippen molar-refractivity contribution in [1.82, 2.24) is 0 Å². The second kappa shape index (κ2) is 7.34. The van der Waals surface area contributed by atoms with Gasteiger partial charge in [-0.05, 0) is 42.5 Å². The lowest BCUT2D eigenvalue weighted by atomic mass is 10.1. The zero-order valence-electron chi connectivity index (χ0n) is 11.5. The summed E-state index contributed by atoms with van der Waals surface area (Å²) < 4.78 is 5.09. The number of ether oxygens (including phenoxy) is 1. The van der Waals surface area contributed by atoms with Crippen molar-refractivity contribution in [3.63, 3.8) is 0 Å². The predicted octanol–water partition coefficient (Wildman–Crippen LogP) is 4.69. The molecule has 0 fully saturated rings. The topological polar surface area (TPSA) is 38.3 Å². The van der Waals surface area contributed by atoms with Crippen molar-refractivity contribution in [1.29, 1.82) is 0 Å². The molecule has 0 aliphatic heterocycles. The molecule has 2 rings (SSSR count). The average Bonchev–Trinajstić information content (AvgIpc) is 2.50. The smallest absolute Gasteiger partial charge is 0.164 e. The fraction of sp³-hybridized carbons (Fsp3) is 0.188. The van der Waals surface area contributed by atoms with Crippen LogP contribution < -0.4 is 10.1 Å². The van der Waals surface area contributed by atoms with Gasteiger partial charge in [0.1, 0.15) is 5.75 Å². The van der Waals surface area contributed by atoms with Crippen LogP contribution in [0.15, 0.2) is 42.5 Å². The van der Waals surface area contributed by atoms with E-state index >= 15 is 0 Å². The molecule has 0 spiro atoms. The zero-order chi connectivity index (χ0) is 15.2. The molecule has 2 aromatic carbocycles. The van der Waals surface area contributed by atoms with Crippen LogP contribution in [0, 0.1) is 0 Å². The molecule has 0 radical (unpaired) electrons. The highest BCUT2D eigenvalue weighted by atomic mass is 35.5. The first-order valence-corrected chi connectivity index (χ1v) is 7.22. The highest BCUT2D eigenvalue weighted by molar-refractivity contribution is 6.42. The van der Waals surface area contributed by atoms with Crippen LogP contribution in [0.1, 0.15) is 16.8 Å². The molecule has 21 heavy (non-hydrogen) atoms. The van der Waals surface area contributed by atoms with Crippen LogP contribution >= 0.6 is 23.2 Å². The first-order chi connectivity index (χ1) is 10.1. The number of benzene rings is 2. The molecule has 2 aromatic rings. The third-order valence-corrected chi connectivity index (χ3v) is 3.75. The summed E-state index contributed by atoms with van der Waals surface area (Å²) in [4.78, 5) is 12.0. The Kier molecular flexibility index (Phi) is 5.48. The number of halogens is 2. The molecular weight excluding hydrogens is 309 g/mol. The Morgan fingerprint density at radius 1 is 1.10 bits per heavy atom. The molecule has 5 heteroatoms. The van der Waals surface area contributed by atoms with Crippen LogP contribution in [0.5, 0.6) is 5.75 Å². The molecule has 0 atom stereocenters. The summed E-state index contributed by atoms with van der Waals surface area (Å²) in [6.45, 7) is 0.547. The normalized spacial score (nSPS) is 10.2. The second-order valence-corrected chi connectivity index (χ2v) is 5.27. The van der Waals surface area contributed by atoms with E-state index in [-0.39, 0.29) is 5.78 Å². The Bertz CT molecular complexity index is 627. The monoisotopic (exact) mass is 323 g/mol. The van der Waals surface area contributed by atoms with E-state index in [1.54, 1.807) is 25.3 Å². The Balaban J connectivity index is 1.87. The van der Waals surface area contributed by atoms with Gasteiger partial charge in [-0.1, -0.05) is 23.2 Å². The van der Waals surface area contributed by atoms with Crippen LogP contribution in [-0.4, -0.2) is 19.4 Å². The fourth-order valence-electron chi connectivity index (χ4n) is 1.84. The molecule has 0 unspecified atom stereocenters. The third-order valence-electron chi connectivity index (χ3n) is 3.01. The quantitative estimate of drug-likeness (QED) is 0.784. The van der Waals surface area contributed by atoms with Crippen molar-refractivity contribution in [2.24, 2.45) is 0 Å². The van der Waals surface area contributed by atoms with Gasteiger partial charge in [0, 0.05) is 24.2 Å². The van der Waals surface area contributed by atoms with Gasteiger partial charge in [0.05, 0.1) is 17.2 Å². The first-order valence-electron chi connectivity index (χ1n) is 6.46. The molecule has 0 aliphatic rings.